The highest BCUT2D eigenvalue weighted by atomic mass is 19.1. The van der Waals surface area contributed by atoms with Gasteiger partial charge in [-0.25, -0.2) is 14.4 Å². The third kappa shape index (κ3) is 4.66. The maximum Gasteiger partial charge on any atom is 0.254 e. The van der Waals surface area contributed by atoms with E-state index in [1.807, 2.05) is 13.0 Å². The Labute approximate surface area is 179 Å². The Morgan fingerprint density at radius 2 is 2.13 bits per heavy atom. The molecule has 0 aliphatic heterocycles. The number of allylic oxidation sites excluding steroid dienone is 1. The molecule has 0 bridgehead atoms. The van der Waals surface area contributed by atoms with E-state index in [-0.39, 0.29) is 11.5 Å². The first kappa shape index (κ1) is 21.8. The second kappa shape index (κ2) is 9.75. The van der Waals surface area contributed by atoms with Crippen LogP contribution in [0.4, 0.5) is 10.2 Å². The van der Waals surface area contributed by atoms with Gasteiger partial charge in [-0.1, -0.05) is 25.1 Å². The molecule has 0 radical (unpaired) electrons. The van der Waals surface area contributed by atoms with Crippen molar-refractivity contribution in [3.63, 3.8) is 0 Å². The summed E-state index contributed by atoms with van der Waals surface area (Å²) in [6, 6.07) is 7.21. The first-order valence-electron chi connectivity index (χ1n) is 9.69. The Kier molecular flexibility index (Phi) is 6.86. The van der Waals surface area contributed by atoms with Crippen LogP contribution >= 0.6 is 0 Å². The number of para-hydroxylation sites is 1. The third-order valence-corrected chi connectivity index (χ3v) is 4.87. The van der Waals surface area contributed by atoms with Gasteiger partial charge in [-0.2, -0.15) is 0 Å². The van der Waals surface area contributed by atoms with Crippen LogP contribution in [-0.4, -0.2) is 47.7 Å². The highest BCUT2D eigenvalue weighted by Gasteiger charge is 2.19. The van der Waals surface area contributed by atoms with Gasteiger partial charge in [0.25, 0.3) is 5.91 Å². The Morgan fingerprint density at radius 1 is 1.32 bits per heavy atom. The molecule has 0 saturated heterocycles. The van der Waals surface area contributed by atoms with Gasteiger partial charge >= 0.3 is 0 Å². The number of aromatic nitrogens is 3. The number of amides is 1. The van der Waals surface area contributed by atoms with Gasteiger partial charge in [0.2, 0.25) is 0 Å². The molecular formula is C22H24FN7O. The molecule has 1 aromatic carbocycles. The van der Waals surface area contributed by atoms with Crippen LogP contribution in [0.3, 0.4) is 0 Å². The van der Waals surface area contributed by atoms with Crippen LogP contribution < -0.4 is 16.4 Å². The zero-order chi connectivity index (χ0) is 22.4. The SMILES string of the molecule is CN=CC(=CN)c1cc(NC[C@@H](C)c2cccc3c(C(=O)NC)c(F)cnc23)ncn1. The lowest BCUT2D eigenvalue weighted by atomic mass is 9.96. The van der Waals surface area contributed by atoms with Gasteiger partial charge in [0.15, 0.2) is 5.82 Å². The maximum absolute atomic E-state index is 14.3. The molecule has 0 unspecified atom stereocenters. The van der Waals surface area contributed by atoms with Crippen LogP contribution in [0.15, 0.2) is 48.0 Å². The Morgan fingerprint density at radius 3 is 2.84 bits per heavy atom. The maximum atomic E-state index is 14.3. The van der Waals surface area contributed by atoms with Crippen LogP contribution in [0.5, 0.6) is 0 Å². The quantitative estimate of drug-likeness (QED) is 0.505. The lowest BCUT2D eigenvalue weighted by molar-refractivity contribution is 0.0961. The second-order valence-electron chi connectivity index (χ2n) is 6.88. The fourth-order valence-electron chi connectivity index (χ4n) is 3.29. The average molecular weight is 421 g/mol. The molecule has 0 aliphatic carbocycles. The fraction of sp³-hybridized carbons (Fsp3) is 0.227. The van der Waals surface area contributed by atoms with Crippen molar-refractivity contribution in [1.82, 2.24) is 20.3 Å². The topological polar surface area (TPSA) is 118 Å². The normalized spacial score (nSPS) is 12.8. The molecule has 0 spiro atoms. The highest BCUT2D eigenvalue weighted by Crippen LogP contribution is 2.28. The van der Waals surface area contributed by atoms with E-state index in [9.17, 15) is 9.18 Å². The van der Waals surface area contributed by atoms with Crippen molar-refractivity contribution in [3.8, 4) is 0 Å². The predicted octanol–water partition coefficient (Wildman–Crippen LogP) is 2.74. The minimum atomic E-state index is -0.650. The summed E-state index contributed by atoms with van der Waals surface area (Å²) in [7, 11) is 3.13. The molecule has 4 N–H and O–H groups in total. The molecule has 160 valence electrons. The molecular weight excluding hydrogens is 397 g/mol. The fourth-order valence-corrected chi connectivity index (χ4v) is 3.29. The van der Waals surface area contributed by atoms with Crippen molar-refractivity contribution in [2.24, 2.45) is 10.7 Å². The van der Waals surface area contributed by atoms with Crippen LogP contribution in [0.2, 0.25) is 0 Å². The average Bonchev–Trinajstić information content (AvgIpc) is 2.80. The van der Waals surface area contributed by atoms with E-state index in [0.29, 0.717) is 34.5 Å². The summed E-state index contributed by atoms with van der Waals surface area (Å²) in [6.45, 7) is 2.55. The van der Waals surface area contributed by atoms with Crippen LogP contribution in [0.1, 0.15) is 34.5 Å². The number of hydrogen-bond acceptors (Lipinski definition) is 7. The molecule has 2 aromatic heterocycles. The Bertz CT molecular complexity index is 1160. The number of nitrogens with two attached hydrogens (primary N) is 1. The number of nitrogens with one attached hydrogen (secondary N) is 2. The van der Waals surface area contributed by atoms with Gasteiger partial charge in [-0.15, -0.1) is 0 Å². The van der Waals surface area contributed by atoms with Gasteiger partial charge in [0.1, 0.15) is 12.1 Å². The van der Waals surface area contributed by atoms with E-state index >= 15 is 0 Å². The zero-order valence-electron chi connectivity index (χ0n) is 17.6. The second-order valence-corrected chi connectivity index (χ2v) is 6.88. The predicted molar refractivity (Wildman–Crippen MR) is 121 cm³/mol. The smallest absolute Gasteiger partial charge is 0.254 e. The Balaban J connectivity index is 1.87. The van der Waals surface area contributed by atoms with E-state index in [1.165, 1.54) is 19.6 Å². The first-order valence-corrected chi connectivity index (χ1v) is 9.69. The van der Waals surface area contributed by atoms with Gasteiger partial charge in [0, 0.05) is 56.0 Å². The van der Waals surface area contributed by atoms with E-state index in [4.69, 9.17) is 5.73 Å². The minimum absolute atomic E-state index is 0.000612. The van der Waals surface area contributed by atoms with E-state index < -0.39 is 11.7 Å². The number of halogens is 1. The van der Waals surface area contributed by atoms with Gasteiger partial charge in [0.05, 0.1) is 23.0 Å². The summed E-state index contributed by atoms with van der Waals surface area (Å²) < 4.78 is 14.3. The molecule has 1 amide bonds. The molecule has 8 nitrogen and oxygen atoms in total. The number of carbonyl (C=O) groups excluding carboxylic acids is 1. The summed E-state index contributed by atoms with van der Waals surface area (Å²) in [5, 5.41) is 6.24. The van der Waals surface area contributed by atoms with Crippen molar-refractivity contribution in [1.29, 1.82) is 0 Å². The molecule has 0 aliphatic rings. The number of anilines is 1. The number of nitrogens with zero attached hydrogens (tertiary/aromatic N) is 4. The monoisotopic (exact) mass is 421 g/mol. The summed E-state index contributed by atoms with van der Waals surface area (Å²) >= 11 is 0. The number of benzene rings is 1. The van der Waals surface area contributed by atoms with Crippen molar-refractivity contribution < 1.29 is 9.18 Å². The zero-order valence-corrected chi connectivity index (χ0v) is 17.6. The van der Waals surface area contributed by atoms with Crippen LogP contribution in [0.25, 0.3) is 16.5 Å². The van der Waals surface area contributed by atoms with Gasteiger partial charge in [-0.05, 0) is 5.56 Å². The van der Waals surface area contributed by atoms with Crippen molar-refractivity contribution >= 4 is 34.4 Å². The number of aliphatic imine (C=N–C) groups is 1. The summed E-state index contributed by atoms with van der Waals surface area (Å²) in [5.74, 6) is -0.506. The van der Waals surface area contributed by atoms with Crippen LogP contribution in [-0.2, 0) is 0 Å². The molecule has 1 atom stereocenters. The van der Waals surface area contributed by atoms with Crippen molar-refractivity contribution in [2.45, 2.75) is 12.8 Å². The van der Waals surface area contributed by atoms with Gasteiger partial charge in [-0.3, -0.25) is 14.8 Å². The molecule has 31 heavy (non-hydrogen) atoms. The molecule has 3 rings (SSSR count). The largest absolute Gasteiger partial charge is 0.404 e. The standard InChI is InChI=1S/C22H24FN7O/c1-13(9-27-19-7-18(29-12-30-19)14(8-24)10-25-2)15-5-4-6-16-20(22(31)26-3)17(23)11-28-21(15)16/h4-8,10-13H,9,24H2,1-3H3,(H,26,31)(H,27,29,30)/t13-/m1/s1. The first-order chi connectivity index (χ1) is 15.0. The van der Waals surface area contributed by atoms with Crippen molar-refractivity contribution in [3.05, 3.63) is 65.6 Å². The van der Waals surface area contributed by atoms with E-state index in [2.05, 4.69) is 30.6 Å². The van der Waals surface area contributed by atoms with E-state index in [0.717, 1.165) is 11.8 Å². The summed E-state index contributed by atoms with van der Waals surface area (Å²) in [4.78, 5) is 28.9. The number of fused-ring (bicyclic) bond motifs is 1. The summed E-state index contributed by atoms with van der Waals surface area (Å²) in [5.41, 5.74) is 8.46. The van der Waals surface area contributed by atoms with Crippen molar-refractivity contribution in [2.75, 3.05) is 26.0 Å². The minimum Gasteiger partial charge on any atom is -0.404 e. The van der Waals surface area contributed by atoms with E-state index in [1.54, 1.807) is 31.5 Å². The Hall–Kier alpha value is -3.88. The number of carbonyl (C=O) groups is 1. The molecule has 0 saturated carbocycles. The lowest BCUT2D eigenvalue weighted by Crippen LogP contribution is -2.20. The molecule has 9 heteroatoms. The number of rotatable bonds is 7. The molecule has 3 aromatic rings. The third-order valence-electron chi connectivity index (χ3n) is 4.87. The number of hydrogen-bond donors (Lipinski definition) is 3. The van der Waals surface area contributed by atoms with Crippen LogP contribution in [0, 0.1) is 5.82 Å². The summed E-state index contributed by atoms with van der Waals surface area (Å²) in [6.07, 6.45) is 5.60. The number of pyridine rings is 1. The van der Waals surface area contributed by atoms with Gasteiger partial charge < -0.3 is 16.4 Å². The molecule has 0 fully saturated rings. The molecule has 2 heterocycles. The lowest BCUT2D eigenvalue weighted by Gasteiger charge is -2.17. The highest BCUT2D eigenvalue weighted by molar-refractivity contribution is 6.09.